The molecule has 3 aliphatic rings. The van der Waals surface area contributed by atoms with Crippen LogP contribution in [0, 0.1) is 0 Å². The summed E-state index contributed by atoms with van der Waals surface area (Å²) >= 11 is 0. The van der Waals surface area contributed by atoms with Crippen molar-refractivity contribution in [2.45, 2.75) is 79.8 Å². The molecule has 0 aromatic heterocycles. The Morgan fingerprint density at radius 3 is 2.24 bits per heavy atom. The highest BCUT2D eigenvalue weighted by Crippen LogP contribution is 2.45. The molecule has 0 bridgehead atoms. The van der Waals surface area contributed by atoms with Crippen LogP contribution in [0.5, 0.6) is 11.5 Å². The number of phenolic OH excluding ortho intramolecular Hbond substituents is 1. The first-order valence-corrected chi connectivity index (χ1v) is 16.1. The molecule has 224 valence electrons. The highest BCUT2D eigenvalue weighted by atomic mass is 32.2. The summed E-state index contributed by atoms with van der Waals surface area (Å²) in [5, 5.41) is 13.8. The number of nitrogens with one attached hydrogen (secondary N) is 1. The summed E-state index contributed by atoms with van der Waals surface area (Å²) in [6.45, 7) is 12.2. The van der Waals surface area contributed by atoms with Crippen molar-refractivity contribution >= 4 is 27.0 Å². The zero-order valence-electron chi connectivity index (χ0n) is 25.4. The third-order valence-corrected chi connectivity index (χ3v) is 9.42. The van der Waals surface area contributed by atoms with Gasteiger partial charge in [0.05, 0.1) is 11.3 Å². The number of carbonyl (C=O) groups excluding carboxylic acids is 2. The first-order valence-electron chi connectivity index (χ1n) is 14.5. The van der Waals surface area contributed by atoms with Crippen molar-refractivity contribution in [1.82, 2.24) is 5.32 Å². The molecule has 8 heteroatoms. The topological polar surface area (TPSA) is 110 Å². The molecule has 0 amide bonds. The van der Waals surface area contributed by atoms with Crippen molar-refractivity contribution in [3.63, 3.8) is 0 Å². The Morgan fingerprint density at radius 1 is 0.952 bits per heavy atom. The first-order chi connectivity index (χ1) is 19.8. The van der Waals surface area contributed by atoms with Crippen molar-refractivity contribution in [2.75, 3.05) is 12.3 Å². The molecule has 1 aliphatic carbocycles. The summed E-state index contributed by atoms with van der Waals surface area (Å²) in [7, 11) is -3.94. The summed E-state index contributed by atoms with van der Waals surface area (Å²) in [4.78, 5) is 27.2. The lowest BCUT2D eigenvalue weighted by molar-refractivity contribution is -0.115. The van der Waals surface area contributed by atoms with E-state index in [1.807, 2.05) is 20.8 Å². The summed E-state index contributed by atoms with van der Waals surface area (Å²) in [6, 6.07) is 3.18. The number of rotatable bonds is 9. The molecule has 0 spiro atoms. The Kier molecular flexibility index (Phi) is 9.46. The Bertz CT molecular complexity index is 1610. The van der Waals surface area contributed by atoms with Crippen LogP contribution in [0.1, 0.15) is 78.4 Å². The van der Waals surface area contributed by atoms with Gasteiger partial charge in [0.15, 0.2) is 9.84 Å². The molecule has 0 fully saturated rings. The monoisotopic (exact) mass is 591 g/mol. The summed E-state index contributed by atoms with van der Waals surface area (Å²) in [6.07, 6.45) is 11.1. The van der Waals surface area contributed by atoms with Crippen LogP contribution >= 0.6 is 0 Å². The zero-order chi connectivity index (χ0) is 30.8. The normalized spacial score (nSPS) is 19.8. The number of hydrogen-bond donors (Lipinski definition) is 2. The summed E-state index contributed by atoms with van der Waals surface area (Å²) in [5.74, 6) is -1.21. The van der Waals surface area contributed by atoms with Gasteiger partial charge in [0.1, 0.15) is 28.2 Å². The number of ether oxygens (including phenoxy) is 1. The summed E-state index contributed by atoms with van der Waals surface area (Å²) in [5.41, 5.74) is 5.43. The van der Waals surface area contributed by atoms with Gasteiger partial charge >= 0.3 is 0 Å². The molecular formula is C34H41NO6S. The van der Waals surface area contributed by atoms with Gasteiger partial charge < -0.3 is 15.2 Å². The van der Waals surface area contributed by atoms with E-state index in [2.05, 4.69) is 44.3 Å². The SMILES string of the molecule is CC(C)=CCC/C(C)=C/Cc1cc2c(cc1O)C1=C(C(=O)C3=C(NCCS3(=O)=O)C1=O)[C@@H](/C=C(\C)CCC=C(C)C)O2. The minimum atomic E-state index is -3.94. The molecule has 2 heterocycles. The molecule has 0 radical (unpaired) electrons. The van der Waals surface area contributed by atoms with Crippen LogP contribution in [-0.4, -0.2) is 43.5 Å². The number of allylic oxidation sites excluding steroid dienone is 9. The van der Waals surface area contributed by atoms with Gasteiger partial charge in [-0.3, -0.25) is 9.59 Å². The zero-order valence-corrected chi connectivity index (χ0v) is 26.2. The lowest BCUT2D eigenvalue weighted by Crippen LogP contribution is -2.44. The Labute approximate surface area is 249 Å². The van der Waals surface area contributed by atoms with Crippen molar-refractivity contribution in [3.05, 3.63) is 86.0 Å². The van der Waals surface area contributed by atoms with Crippen LogP contribution < -0.4 is 10.1 Å². The van der Waals surface area contributed by atoms with Gasteiger partial charge in [-0.05, 0) is 91.9 Å². The number of benzene rings is 1. The van der Waals surface area contributed by atoms with Crippen molar-refractivity contribution < 1.29 is 27.9 Å². The molecule has 1 aromatic rings. The fraction of sp³-hybridized carbons (Fsp3) is 0.412. The van der Waals surface area contributed by atoms with E-state index < -0.39 is 32.4 Å². The minimum absolute atomic E-state index is 0.00208. The fourth-order valence-corrected chi connectivity index (χ4v) is 6.84. The van der Waals surface area contributed by atoms with Crippen LogP contribution in [0.15, 0.2) is 74.9 Å². The van der Waals surface area contributed by atoms with E-state index in [1.54, 1.807) is 12.1 Å². The van der Waals surface area contributed by atoms with Crippen LogP contribution in [0.2, 0.25) is 0 Å². The second-order valence-corrected chi connectivity index (χ2v) is 13.9. The van der Waals surface area contributed by atoms with Crippen molar-refractivity contribution in [2.24, 2.45) is 0 Å². The standard InChI is InChI=1S/C34H41NO6S/c1-20(2)9-7-11-22(5)13-14-24-18-27-25(19-26(24)36)29-30(28(41-27)17-23(6)12-8-10-21(3)4)33(38)34-31(32(29)37)35-15-16-42(34,39)40/h9-10,13,17-19,28,35-36H,7-8,11-12,14-16H2,1-6H3/b22-13+,23-17+/t28-/m1/s1. The van der Waals surface area contributed by atoms with Gasteiger partial charge in [-0.25, -0.2) is 8.42 Å². The number of carbonyl (C=O) groups is 2. The van der Waals surface area contributed by atoms with Gasteiger partial charge in [0.2, 0.25) is 11.6 Å². The molecule has 1 atom stereocenters. The van der Waals surface area contributed by atoms with Crippen LogP contribution in [-0.2, 0) is 25.8 Å². The van der Waals surface area contributed by atoms with E-state index in [9.17, 15) is 23.1 Å². The lowest BCUT2D eigenvalue weighted by Gasteiger charge is -2.34. The number of ketones is 2. The van der Waals surface area contributed by atoms with E-state index in [0.717, 1.165) is 24.8 Å². The Hall–Kier alpha value is -3.65. The predicted molar refractivity (Wildman–Crippen MR) is 167 cm³/mol. The smallest absolute Gasteiger partial charge is 0.211 e. The van der Waals surface area contributed by atoms with E-state index in [1.165, 1.54) is 22.8 Å². The van der Waals surface area contributed by atoms with E-state index in [-0.39, 0.29) is 40.5 Å². The number of fused-ring (bicyclic) bond motifs is 2. The maximum Gasteiger partial charge on any atom is 0.211 e. The van der Waals surface area contributed by atoms with Crippen LogP contribution in [0.4, 0.5) is 0 Å². The molecular weight excluding hydrogens is 550 g/mol. The third kappa shape index (κ3) is 6.70. The van der Waals surface area contributed by atoms with Gasteiger partial charge in [-0.2, -0.15) is 0 Å². The van der Waals surface area contributed by atoms with Gasteiger partial charge in [-0.15, -0.1) is 0 Å². The molecule has 4 rings (SSSR count). The molecule has 1 aromatic carbocycles. The maximum absolute atomic E-state index is 13.9. The number of hydrogen-bond acceptors (Lipinski definition) is 7. The van der Waals surface area contributed by atoms with Crippen molar-refractivity contribution in [3.8, 4) is 11.5 Å². The first kappa shape index (κ1) is 31.3. The Balaban J connectivity index is 1.77. The molecule has 7 nitrogen and oxygen atoms in total. The highest BCUT2D eigenvalue weighted by Gasteiger charge is 2.47. The highest BCUT2D eigenvalue weighted by molar-refractivity contribution is 7.96. The second kappa shape index (κ2) is 12.7. The molecule has 2 aliphatic heterocycles. The molecule has 2 N–H and O–H groups in total. The van der Waals surface area contributed by atoms with Gasteiger partial charge in [0, 0.05) is 23.2 Å². The van der Waals surface area contributed by atoms with Crippen LogP contribution in [0.3, 0.4) is 0 Å². The number of Topliss-reactive ketones (excluding diaryl/α,β-unsaturated/α-hetero) is 2. The third-order valence-electron chi connectivity index (χ3n) is 7.66. The molecule has 0 saturated carbocycles. The second-order valence-electron chi connectivity index (χ2n) is 11.8. The lowest BCUT2D eigenvalue weighted by atomic mass is 9.81. The predicted octanol–water partition coefficient (Wildman–Crippen LogP) is 6.22. The number of phenols is 1. The van der Waals surface area contributed by atoms with E-state index in [0.29, 0.717) is 24.2 Å². The van der Waals surface area contributed by atoms with E-state index >= 15 is 0 Å². The van der Waals surface area contributed by atoms with Gasteiger partial charge in [-0.1, -0.05) is 40.5 Å². The quantitative estimate of drug-likeness (QED) is 0.259. The van der Waals surface area contributed by atoms with E-state index in [4.69, 9.17) is 4.74 Å². The average Bonchev–Trinajstić information content (AvgIpc) is 2.89. The average molecular weight is 592 g/mol. The fourth-order valence-electron chi connectivity index (χ4n) is 5.39. The van der Waals surface area contributed by atoms with Crippen molar-refractivity contribution in [1.29, 1.82) is 0 Å². The molecule has 0 saturated heterocycles. The maximum atomic E-state index is 13.9. The Morgan fingerprint density at radius 2 is 1.60 bits per heavy atom. The van der Waals surface area contributed by atoms with Gasteiger partial charge in [0.25, 0.3) is 0 Å². The number of aromatic hydroxyl groups is 1. The minimum Gasteiger partial charge on any atom is -0.508 e. The largest absolute Gasteiger partial charge is 0.508 e. The molecule has 0 unspecified atom stereocenters. The van der Waals surface area contributed by atoms with Crippen LogP contribution in [0.25, 0.3) is 5.57 Å². The number of sulfone groups is 1. The molecule has 42 heavy (non-hydrogen) atoms. The summed E-state index contributed by atoms with van der Waals surface area (Å²) < 4.78 is 32.3.